The lowest BCUT2D eigenvalue weighted by atomic mass is 9.89. The van der Waals surface area contributed by atoms with Crippen LogP contribution in [0.15, 0.2) is 180 Å². The molecule has 4 aliphatic rings. The first-order valence-corrected chi connectivity index (χ1v) is 58.5. The summed E-state index contributed by atoms with van der Waals surface area (Å²) in [6.07, 6.45) is 40.2. The Balaban J connectivity index is 0.904. The Kier molecular flexibility index (Phi) is 36.9. The van der Waals surface area contributed by atoms with Crippen LogP contribution in [0.2, 0.25) is 0 Å². The number of thiophene rings is 6. The van der Waals surface area contributed by atoms with Crippen LogP contribution in [0.1, 0.15) is 344 Å². The van der Waals surface area contributed by atoms with Crippen molar-refractivity contribution in [1.82, 2.24) is 19.6 Å². The number of aryl methyl sites for hydroxylation is 2. The SMILES string of the molecule is CCCCCCc1ccc(-c2ccc(C3=C4C(=O)N(CC(CC)CCCC)C(c5ccc(-c6cc7c(-c8ccc(CC(CC)CCCC)cc8)c8sc(-c9ccc(C%10=C%11C(=O)N(CC(CC)CCCC)C(c%12ccc(-c%13ccc(CCCCCC)cc%13)s%12)=C%11C(=O)N%10CC(CC)CCCC)s9)cc8c(-c8ccc(CC(CC)CCCC)cc8)c7s6)s5)=C4C(=O)N3CC(CC)CCCC)s2)cc1. The summed E-state index contributed by atoms with van der Waals surface area (Å²) in [5, 5.41) is 2.41. The molecule has 10 heterocycles. The number of hydrogen-bond donors (Lipinski definition) is 0. The molecule has 6 atom stereocenters. The molecule has 6 unspecified atom stereocenters. The summed E-state index contributed by atoms with van der Waals surface area (Å²) in [6.45, 7) is 34.2. The predicted octanol–water partition coefficient (Wildman–Crippen LogP) is 36.6. The lowest BCUT2D eigenvalue weighted by molar-refractivity contribution is -0.124. The van der Waals surface area contributed by atoms with E-state index in [2.05, 4.69) is 274 Å². The highest BCUT2D eigenvalue weighted by Crippen LogP contribution is 2.58. The molecule has 0 saturated heterocycles. The van der Waals surface area contributed by atoms with Gasteiger partial charge in [-0.15, -0.1) is 68.0 Å². The maximum Gasteiger partial charge on any atom is 0.261 e. The molecule has 4 aliphatic heterocycles. The van der Waals surface area contributed by atoms with Crippen molar-refractivity contribution in [2.24, 2.45) is 35.5 Å². The monoisotopic (exact) mass is 1930 g/mol. The van der Waals surface area contributed by atoms with E-state index in [-0.39, 0.29) is 47.3 Å². The third kappa shape index (κ3) is 23.0. The number of rotatable bonds is 56. The summed E-state index contributed by atoms with van der Waals surface area (Å²) in [4.78, 5) is 84.4. The van der Waals surface area contributed by atoms with Crippen LogP contribution in [-0.4, -0.2) is 69.4 Å². The highest BCUT2D eigenvalue weighted by molar-refractivity contribution is 7.28. The number of fused-ring (bicyclic) bond motifs is 4. The fourth-order valence-electron chi connectivity index (χ4n) is 21.6. The molecule has 15 rings (SSSR count). The minimum atomic E-state index is -0.0488. The van der Waals surface area contributed by atoms with Crippen molar-refractivity contribution in [3.63, 3.8) is 0 Å². The first kappa shape index (κ1) is 102. The van der Waals surface area contributed by atoms with E-state index in [9.17, 15) is 0 Å². The molecule has 4 amide bonds. The molecule has 6 aromatic heterocycles. The van der Waals surface area contributed by atoms with Crippen LogP contribution in [0.4, 0.5) is 0 Å². The van der Waals surface area contributed by atoms with E-state index in [1.54, 1.807) is 45.3 Å². The van der Waals surface area contributed by atoms with Crippen LogP contribution < -0.4 is 0 Å². The molecule has 0 aliphatic carbocycles. The van der Waals surface area contributed by atoms with E-state index in [1.165, 1.54) is 155 Å². The molecular formula is C122H154N4O4S6. The van der Waals surface area contributed by atoms with Crippen molar-refractivity contribution < 1.29 is 19.2 Å². The highest BCUT2D eigenvalue weighted by Gasteiger charge is 2.52. The average Bonchev–Trinajstić information content (AvgIpc) is 1.56. The largest absolute Gasteiger partial charge is 0.306 e. The fourth-order valence-corrected chi connectivity index (χ4v) is 28.5. The van der Waals surface area contributed by atoms with Gasteiger partial charge in [-0.25, -0.2) is 0 Å². The standard InChI is InChI=1S/C122H154N4O4S6/c1-15-29-37-39-47-87-49-57-91(58-50-87)97-65-69-101(131-97)113-109-111(121(129)123(113)77-83(25-11)43-33-19-5)115(125(119(109)127)79-85(27-13)45-35-21-7)103-71-67-99(133-103)105-75-95-107(93-61-53-89(54-62-93)73-81(23-9)41-31-17-3)118-96(108(117(95)135-105)94-63-55-90(56-64-94)74-82(24-10)42-32-18-4)76-106(136-118)100-68-72-104(134-100)116-112-110(120(128)126(116)80-86(28-14)46-36-22-8)114(124(122(112)130)78-84(26-12)44-34-20-6)102-70-66-98(132-102)92-59-51-88(52-60-92)48-40-38-30-16-2/h49-72,75-76,81-86H,15-48,73-74,77-80H2,1-14H3. The van der Waals surface area contributed by atoms with Gasteiger partial charge in [0.05, 0.1) is 64.6 Å². The first-order valence-electron chi connectivity index (χ1n) is 53.6. The van der Waals surface area contributed by atoms with Gasteiger partial charge in [0.2, 0.25) is 0 Å². The second-order valence-electron chi connectivity index (χ2n) is 40.0. The molecular weight excluding hydrogens is 1780 g/mol. The van der Waals surface area contributed by atoms with Gasteiger partial charge in [-0.3, -0.25) is 19.2 Å². The van der Waals surface area contributed by atoms with E-state index < -0.39 is 0 Å². The molecule has 14 heteroatoms. The lowest BCUT2D eigenvalue weighted by Crippen LogP contribution is -2.34. The number of unbranched alkanes of at least 4 members (excludes halogenated alkanes) is 12. The molecule has 11 aromatic rings. The molecule has 5 aromatic carbocycles. The number of hydrogen-bond acceptors (Lipinski definition) is 10. The van der Waals surface area contributed by atoms with Gasteiger partial charge >= 0.3 is 0 Å². The van der Waals surface area contributed by atoms with Crippen LogP contribution >= 0.6 is 68.0 Å². The van der Waals surface area contributed by atoms with Crippen LogP contribution in [0.5, 0.6) is 0 Å². The second-order valence-corrected chi connectivity index (χ2v) is 46.4. The van der Waals surface area contributed by atoms with Crippen LogP contribution in [0.3, 0.4) is 0 Å². The minimum absolute atomic E-state index is 0.0488. The summed E-state index contributed by atoms with van der Waals surface area (Å²) in [6, 6.07) is 60.5. The molecule has 722 valence electrons. The Morgan fingerprint density at radius 3 is 0.743 bits per heavy atom. The van der Waals surface area contributed by atoms with Gasteiger partial charge in [0, 0.05) is 86.7 Å². The Hall–Kier alpha value is -8.34. The number of nitrogens with zero attached hydrogens (tertiary/aromatic N) is 4. The zero-order valence-electron chi connectivity index (χ0n) is 84.6. The zero-order valence-corrected chi connectivity index (χ0v) is 89.5. The van der Waals surface area contributed by atoms with E-state index in [4.69, 9.17) is 0 Å². The Bertz CT molecular complexity index is 5570. The number of benzene rings is 5. The van der Waals surface area contributed by atoms with E-state index in [0.717, 1.165) is 224 Å². The van der Waals surface area contributed by atoms with Crippen molar-refractivity contribution in [1.29, 1.82) is 0 Å². The van der Waals surface area contributed by atoms with E-state index >= 15 is 19.2 Å². The van der Waals surface area contributed by atoms with E-state index in [0.29, 0.717) is 60.3 Å². The van der Waals surface area contributed by atoms with Crippen LogP contribution in [-0.2, 0) is 44.9 Å². The van der Waals surface area contributed by atoms with Gasteiger partial charge in [0.15, 0.2) is 0 Å². The smallest absolute Gasteiger partial charge is 0.261 e. The van der Waals surface area contributed by atoms with Crippen LogP contribution in [0.25, 0.3) is 106 Å². The molecule has 0 N–H and O–H groups in total. The predicted molar refractivity (Wildman–Crippen MR) is 592 cm³/mol. The Morgan fingerprint density at radius 1 is 0.228 bits per heavy atom. The van der Waals surface area contributed by atoms with Crippen molar-refractivity contribution >= 4 is 135 Å². The molecule has 136 heavy (non-hydrogen) atoms. The van der Waals surface area contributed by atoms with Gasteiger partial charge in [0.1, 0.15) is 0 Å². The quantitative estimate of drug-likeness (QED) is 0.0356. The van der Waals surface area contributed by atoms with E-state index in [1.807, 2.05) is 22.7 Å². The maximum absolute atomic E-state index is 16.4. The molecule has 8 nitrogen and oxygen atoms in total. The second kappa shape index (κ2) is 49.2. The lowest BCUT2D eigenvalue weighted by Gasteiger charge is -2.29. The fraction of sp³-hybridized carbons (Fsp3) is 0.492. The van der Waals surface area contributed by atoms with Crippen molar-refractivity contribution in [3.8, 4) is 62.6 Å². The third-order valence-electron chi connectivity index (χ3n) is 30.3. The Morgan fingerprint density at radius 2 is 0.471 bits per heavy atom. The molecule has 0 fully saturated rings. The molecule has 0 radical (unpaired) electrons. The highest BCUT2D eigenvalue weighted by atomic mass is 32.1. The number of carbonyl (C=O) groups excluding carboxylic acids is 4. The van der Waals surface area contributed by atoms with Gasteiger partial charge < -0.3 is 19.6 Å². The summed E-state index contributed by atoms with van der Waals surface area (Å²) in [5.74, 6) is 2.09. The maximum atomic E-state index is 16.4. The Labute approximate surface area is 840 Å². The number of amides is 4. The van der Waals surface area contributed by atoms with Crippen molar-refractivity contribution in [2.75, 3.05) is 26.2 Å². The summed E-state index contributed by atoms with van der Waals surface area (Å²) < 4.78 is 2.45. The molecule has 0 spiro atoms. The summed E-state index contributed by atoms with van der Waals surface area (Å²) >= 11 is 10.7. The van der Waals surface area contributed by atoms with Gasteiger partial charge in [-0.05, 0) is 205 Å². The number of carbonyl (C=O) groups is 4. The van der Waals surface area contributed by atoms with Gasteiger partial charge in [-0.1, -0.05) is 361 Å². The van der Waals surface area contributed by atoms with Gasteiger partial charge in [0.25, 0.3) is 23.6 Å². The van der Waals surface area contributed by atoms with Crippen molar-refractivity contribution in [3.05, 3.63) is 222 Å². The zero-order chi connectivity index (χ0) is 95.5. The summed E-state index contributed by atoms with van der Waals surface area (Å²) in [7, 11) is 0. The van der Waals surface area contributed by atoms with Gasteiger partial charge in [-0.2, -0.15) is 0 Å². The van der Waals surface area contributed by atoms with Crippen molar-refractivity contribution in [2.45, 2.75) is 328 Å². The average molecular weight is 1930 g/mol. The summed E-state index contributed by atoms with van der Waals surface area (Å²) in [5.41, 5.74) is 18.0. The first-order chi connectivity index (χ1) is 66.5. The van der Waals surface area contributed by atoms with Crippen LogP contribution in [0, 0.1) is 35.5 Å². The minimum Gasteiger partial charge on any atom is -0.306 e. The molecule has 0 bridgehead atoms. The topological polar surface area (TPSA) is 81.2 Å². The molecule has 0 saturated carbocycles. The normalized spacial score (nSPS) is 15.6. The third-order valence-corrected chi connectivity index (χ3v) is 37.5.